The molecule has 0 saturated heterocycles. The third-order valence-corrected chi connectivity index (χ3v) is 3.30. The molecule has 0 nitrogen and oxygen atoms in total. The van der Waals surface area contributed by atoms with Crippen LogP contribution in [0.2, 0.25) is 0 Å². The normalized spacial score (nSPS) is 34.2. The van der Waals surface area contributed by atoms with E-state index in [1.165, 1.54) is 6.42 Å². The smallest absolute Gasteiger partial charge is 0.112 e. The van der Waals surface area contributed by atoms with Crippen molar-refractivity contribution >= 4 is 11.8 Å². The Morgan fingerprint density at radius 2 is 2.10 bits per heavy atom. The molecular formula is C8H15FS. The monoisotopic (exact) mass is 162 g/mol. The van der Waals surface area contributed by atoms with Gasteiger partial charge in [0.15, 0.2) is 0 Å². The average Bonchev–Trinajstić information content (AvgIpc) is 1.94. The largest absolute Gasteiger partial charge is 0.246 e. The summed E-state index contributed by atoms with van der Waals surface area (Å²) >= 11 is 1.79. The maximum atomic E-state index is 13.0. The quantitative estimate of drug-likeness (QED) is 0.601. The minimum absolute atomic E-state index is 0.318. The number of alkyl halides is 1. The number of rotatable bonds is 2. The second-order valence-corrected chi connectivity index (χ2v) is 4.31. The van der Waals surface area contributed by atoms with Gasteiger partial charge < -0.3 is 0 Å². The Balaban J connectivity index is 2.25. The molecule has 1 aliphatic rings. The van der Waals surface area contributed by atoms with Crippen molar-refractivity contribution in [3.05, 3.63) is 0 Å². The fourth-order valence-electron chi connectivity index (χ4n) is 1.45. The lowest BCUT2D eigenvalue weighted by molar-refractivity contribution is 0.260. The molecule has 60 valence electrons. The van der Waals surface area contributed by atoms with Crippen LogP contribution < -0.4 is 0 Å². The van der Waals surface area contributed by atoms with Crippen LogP contribution in [0.15, 0.2) is 0 Å². The molecule has 10 heavy (non-hydrogen) atoms. The van der Waals surface area contributed by atoms with Gasteiger partial charge in [-0.15, -0.1) is 0 Å². The van der Waals surface area contributed by atoms with Crippen LogP contribution in [0.4, 0.5) is 4.39 Å². The molecule has 2 atom stereocenters. The lowest BCUT2D eigenvalue weighted by Crippen LogP contribution is -2.23. The minimum atomic E-state index is -0.515. The van der Waals surface area contributed by atoms with E-state index < -0.39 is 6.17 Å². The fourth-order valence-corrected chi connectivity index (χ4v) is 2.56. The molecule has 0 spiro atoms. The highest BCUT2D eigenvalue weighted by Gasteiger charge is 2.23. The highest BCUT2D eigenvalue weighted by Crippen LogP contribution is 2.30. The SMILES string of the molecule is CCSC1CCCCC1F. The second kappa shape index (κ2) is 4.22. The molecular weight excluding hydrogens is 147 g/mol. The van der Waals surface area contributed by atoms with Gasteiger partial charge in [-0.3, -0.25) is 0 Å². The molecule has 0 aliphatic heterocycles. The Bertz CT molecular complexity index is 93.3. The van der Waals surface area contributed by atoms with Gasteiger partial charge in [0.25, 0.3) is 0 Å². The summed E-state index contributed by atoms with van der Waals surface area (Å²) in [5.41, 5.74) is 0. The highest BCUT2D eigenvalue weighted by atomic mass is 32.2. The third kappa shape index (κ3) is 2.15. The van der Waals surface area contributed by atoms with Crippen molar-refractivity contribution in [3.63, 3.8) is 0 Å². The number of thioether (sulfide) groups is 1. The van der Waals surface area contributed by atoms with E-state index in [4.69, 9.17) is 0 Å². The Hall–Kier alpha value is 0.280. The van der Waals surface area contributed by atoms with Crippen LogP contribution in [-0.2, 0) is 0 Å². The number of hydrogen-bond acceptors (Lipinski definition) is 1. The topological polar surface area (TPSA) is 0 Å². The first-order valence-electron chi connectivity index (χ1n) is 4.10. The summed E-state index contributed by atoms with van der Waals surface area (Å²) in [6.07, 6.45) is 3.72. The molecule has 0 amide bonds. The first-order valence-corrected chi connectivity index (χ1v) is 5.15. The highest BCUT2D eigenvalue weighted by molar-refractivity contribution is 7.99. The zero-order valence-corrected chi connectivity index (χ0v) is 7.29. The van der Waals surface area contributed by atoms with E-state index in [0.717, 1.165) is 25.0 Å². The number of hydrogen-bond donors (Lipinski definition) is 0. The molecule has 0 bridgehead atoms. The fraction of sp³-hybridized carbons (Fsp3) is 1.00. The summed E-state index contributed by atoms with van der Waals surface area (Å²) in [5.74, 6) is 1.06. The van der Waals surface area contributed by atoms with Gasteiger partial charge in [-0.1, -0.05) is 19.8 Å². The minimum Gasteiger partial charge on any atom is -0.246 e. The molecule has 1 aliphatic carbocycles. The van der Waals surface area contributed by atoms with Gasteiger partial charge >= 0.3 is 0 Å². The van der Waals surface area contributed by atoms with Gasteiger partial charge in [-0.25, -0.2) is 4.39 Å². The van der Waals surface area contributed by atoms with Gasteiger partial charge in [0, 0.05) is 5.25 Å². The maximum Gasteiger partial charge on any atom is 0.112 e. The van der Waals surface area contributed by atoms with Crippen LogP contribution in [0, 0.1) is 0 Å². The van der Waals surface area contributed by atoms with Crippen LogP contribution in [0.3, 0.4) is 0 Å². The van der Waals surface area contributed by atoms with E-state index in [9.17, 15) is 4.39 Å². The van der Waals surface area contributed by atoms with E-state index in [1.54, 1.807) is 11.8 Å². The van der Waals surface area contributed by atoms with Crippen LogP contribution in [0.1, 0.15) is 32.6 Å². The van der Waals surface area contributed by atoms with Crippen molar-refractivity contribution in [3.8, 4) is 0 Å². The molecule has 2 unspecified atom stereocenters. The van der Waals surface area contributed by atoms with E-state index in [0.29, 0.717) is 5.25 Å². The van der Waals surface area contributed by atoms with Crippen LogP contribution >= 0.6 is 11.8 Å². The molecule has 0 N–H and O–H groups in total. The first kappa shape index (κ1) is 8.38. The van der Waals surface area contributed by atoms with Gasteiger partial charge in [0.05, 0.1) is 0 Å². The van der Waals surface area contributed by atoms with E-state index in [2.05, 4.69) is 6.92 Å². The summed E-state index contributed by atoms with van der Waals surface area (Å²) in [4.78, 5) is 0. The maximum absolute atomic E-state index is 13.0. The van der Waals surface area contributed by atoms with Crippen molar-refractivity contribution in [2.24, 2.45) is 0 Å². The summed E-state index contributed by atoms with van der Waals surface area (Å²) in [6.45, 7) is 2.10. The summed E-state index contributed by atoms with van der Waals surface area (Å²) in [7, 11) is 0. The summed E-state index contributed by atoms with van der Waals surface area (Å²) < 4.78 is 13.0. The summed E-state index contributed by atoms with van der Waals surface area (Å²) in [5, 5.41) is 0.318. The van der Waals surface area contributed by atoms with E-state index in [1.807, 2.05) is 0 Å². The molecule has 2 heteroatoms. The van der Waals surface area contributed by atoms with Gasteiger partial charge in [0.1, 0.15) is 6.17 Å². The molecule has 0 aromatic rings. The Labute approximate surface area is 66.6 Å². The molecule has 1 fully saturated rings. The molecule has 0 radical (unpaired) electrons. The van der Waals surface area contributed by atoms with Gasteiger partial charge in [0.2, 0.25) is 0 Å². The van der Waals surface area contributed by atoms with Crippen molar-refractivity contribution in [1.82, 2.24) is 0 Å². The first-order chi connectivity index (χ1) is 4.84. The molecule has 0 aromatic heterocycles. The molecule has 0 aromatic carbocycles. The van der Waals surface area contributed by atoms with E-state index in [-0.39, 0.29) is 0 Å². The zero-order valence-electron chi connectivity index (χ0n) is 6.48. The predicted molar refractivity (Wildman–Crippen MR) is 45.3 cm³/mol. The lowest BCUT2D eigenvalue weighted by Gasteiger charge is -2.24. The standard InChI is InChI=1S/C8H15FS/c1-2-10-8-6-4-3-5-7(8)9/h7-8H,2-6H2,1H3. The number of halogens is 1. The average molecular weight is 162 g/mol. The van der Waals surface area contributed by atoms with Crippen molar-refractivity contribution in [1.29, 1.82) is 0 Å². The van der Waals surface area contributed by atoms with Crippen LogP contribution in [0.5, 0.6) is 0 Å². The van der Waals surface area contributed by atoms with Crippen molar-refractivity contribution < 1.29 is 4.39 Å². The summed E-state index contributed by atoms with van der Waals surface area (Å²) in [6, 6.07) is 0. The van der Waals surface area contributed by atoms with Crippen molar-refractivity contribution in [2.75, 3.05) is 5.75 Å². The second-order valence-electron chi connectivity index (χ2n) is 2.79. The van der Waals surface area contributed by atoms with Gasteiger partial charge in [-0.05, 0) is 18.6 Å². The van der Waals surface area contributed by atoms with E-state index >= 15 is 0 Å². The Morgan fingerprint density at radius 1 is 1.40 bits per heavy atom. The van der Waals surface area contributed by atoms with Crippen LogP contribution in [0.25, 0.3) is 0 Å². The third-order valence-electron chi connectivity index (χ3n) is 2.00. The van der Waals surface area contributed by atoms with Gasteiger partial charge in [-0.2, -0.15) is 11.8 Å². The van der Waals surface area contributed by atoms with Crippen molar-refractivity contribution in [2.45, 2.75) is 44.0 Å². The Morgan fingerprint density at radius 3 is 2.70 bits per heavy atom. The Kier molecular flexibility index (Phi) is 3.53. The predicted octanol–water partition coefficient (Wildman–Crippen LogP) is 3.02. The van der Waals surface area contributed by atoms with Crippen LogP contribution in [-0.4, -0.2) is 17.2 Å². The zero-order chi connectivity index (χ0) is 7.40. The molecule has 1 rings (SSSR count). The molecule has 1 saturated carbocycles. The lowest BCUT2D eigenvalue weighted by atomic mass is 9.98. The molecule has 0 heterocycles.